The molecule has 0 aliphatic heterocycles. The second kappa shape index (κ2) is 3.87. The summed E-state index contributed by atoms with van der Waals surface area (Å²) in [5, 5.41) is 6.77. The number of aryl methyl sites for hydroxylation is 1. The Hall–Kier alpha value is -1.91. The van der Waals surface area contributed by atoms with E-state index < -0.39 is 0 Å². The number of pyridine rings is 1. The molecule has 2 aromatic rings. The minimum atomic E-state index is 0.521. The average Bonchev–Trinajstić information content (AvgIpc) is 2.67. The summed E-state index contributed by atoms with van der Waals surface area (Å²) in [4.78, 5) is 8.03. The van der Waals surface area contributed by atoms with Crippen molar-refractivity contribution in [2.45, 2.75) is 13.5 Å². The normalized spacial score (nSPS) is 10.1. The van der Waals surface area contributed by atoms with Crippen molar-refractivity contribution in [3.63, 3.8) is 0 Å². The van der Waals surface area contributed by atoms with Gasteiger partial charge >= 0.3 is 0 Å². The van der Waals surface area contributed by atoms with E-state index in [4.69, 9.17) is 0 Å². The van der Waals surface area contributed by atoms with Gasteiger partial charge in [0, 0.05) is 6.20 Å². The van der Waals surface area contributed by atoms with Crippen LogP contribution in [0.2, 0.25) is 0 Å². The molecule has 0 bridgehead atoms. The van der Waals surface area contributed by atoms with Crippen LogP contribution in [0.25, 0.3) is 0 Å². The highest BCUT2D eigenvalue weighted by Crippen LogP contribution is 2.05. The van der Waals surface area contributed by atoms with Gasteiger partial charge in [0.1, 0.15) is 5.82 Å². The van der Waals surface area contributed by atoms with Gasteiger partial charge in [-0.3, -0.25) is 0 Å². The van der Waals surface area contributed by atoms with Crippen molar-refractivity contribution >= 4 is 5.82 Å². The van der Waals surface area contributed by atoms with E-state index in [1.807, 2.05) is 19.1 Å². The molecule has 2 rings (SSSR count). The van der Waals surface area contributed by atoms with E-state index >= 15 is 0 Å². The van der Waals surface area contributed by atoms with Crippen LogP contribution >= 0.6 is 0 Å². The predicted octanol–water partition coefficient (Wildman–Crippen LogP) is 1.39. The zero-order valence-electron chi connectivity index (χ0n) is 7.77. The summed E-state index contributed by atoms with van der Waals surface area (Å²) < 4.78 is 4.61. The molecular formula is C9H10N4O. The lowest BCUT2D eigenvalue weighted by Gasteiger charge is -2.02. The number of hydrogen-bond donors (Lipinski definition) is 1. The molecule has 0 spiro atoms. The van der Waals surface area contributed by atoms with Crippen molar-refractivity contribution in [1.82, 2.24) is 15.1 Å². The summed E-state index contributed by atoms with van der Waals surface area (Å²) >= 11 is 0. The van der Waals surface area contributed by atoms with E-state index in [-0.39, 0.29) is 0 Å². The maximum absolute atomic E-state index is 4.61. The first-order valence-corrected chi connectivity index (χ1v) is 4.26. The molecule has 0 saturated carbocycles. The highest BCUT2D eigenvalue weighted by atomic mass is 16.5. The maximum Gasteiger partial charge on any atom is 0.213 e. The Morgan fingerprint density at radius 1 is 1.43 bits per heavy atom. The summed E-state index contributed by atoms with van der Waals surface area (Å²) in [6, 6.07) is 3.90. The number of rotatable bonds is 3. The third-order valence-corrected chi connectivity index (χ3v) is 1.75. The highest BCUT2D eigenvalue weighted by molar-refractivity contribution is 5.36. The van der Waals surface area contributed by atoms with Crippen molar-refractivity contribution in [1.29, 1.82) is 0 Å². The number of nitrogens with zero attached hydrogens (tertiary/aromatic N) is 3. The number of aromatic nitrogens is 3. The molecule has 0 radical (unpaired) electrons. The van der Waals surface area contributed by atoms with E-state index in [0.717, 1.165) is 11.4 Å². The average molecular weight is 190 g/mol. The molecule has 0 amide bonds. The predicted molar refractivity (Wildman–Crippen MR) is 50.6 cm³/mol. The lowest BCUT2D eigenvalue weighted by Crippen LogP contribution is -2.02. The zero-order valence-corrected chi connectivity index (χ0v) is 7.77. The van der Waals surface area contributed by atoms with E-state index in [2.05, 4.69) is 25.0 Å². The maximum atomic E-state index is 4.61. The van der Waals surface area contributed by atoms with Gasteiger partial charge in [-0.25, -0.2) is 4.98 Å². The Bertz CT molecular complexity index is 399. The molecule has 0 aromatic carbocycles. The van der Waals surface area contributed by atoms with Crippen LogP contribution < -0.4 is 5.32 Å². The molecule has 0 fully saturated rings. The molecule has 0 aliphatic rings. The fraction of sp³-hybridized carbons (Fsp3) is 0.222. The van der Waals surface area contributed by atoms with Gasteiger partial charge < -0.3 is 9.84 Å². The minimum absolute atomic E-state index is 0.521. The Labute approximate surface area is 81.2 Å². The fourth-order valence-electron chi connectivity index (χ4n) is 1.07. The van der Waals surface area contributed by atoms with Crippen LogP contribution in [0.1, 0.15) is 11.4 Å². The smallest absolute Gasteiger partial charge is 0.213 e. The van der Waals surface area contributed by atoms with Crippen molar-refractivity contribution in [2.75, 3.05) is 5.32 Å². The first kappa shape index (κ1) is 8.68. The Morgan fingerprint density at radius 2 is 2.36 bits per heavy atom. The highest BCUT2D eigenvalue weighted by Gasteiger charge is 1.98. The topological polar surface area (TPSA) is 63.8 Å². The van der Waals surface area contributed by atoms with Crippen molar-refractivity contribution in [3.05, 3.63) is 36.1 Å². The van der Waals surface area contributed by atoms with Crippen LogP contribution in [0.3, 0.4) is 0 Å². The van der Waals surface area contributed by atoms with Gasteiger partial charge in [0.15, 0.2) is 5.82 Å². The summed E-state index contributed by atoms with van der Waals surface area (Å²) in [6.07, 6.45) is 3.06. The molecule has 0 unspecified atom stereocenters. The third-order valence-electron chi connectivity index (χ3n) is 1.75. The van der Waals surface area contributed by atoms with Crippen LogP contribution in [0.5, 0.6) is 0 Å². The lowest BCUT2D eigenvalue weighted by atomic mass is 10.3. The molecule has 5 heteroatoms. The zero-order chi connectivity index (χ0) is 9.80. The van der Waals surface area contributed by atoms with Gasteiger partial charge in [-0.15, -0.1) is 0 Å². The molecule has 1 N–H and O–H groups in total. The summed E-state index contributed by atoms with van der Waals surface area (Å²) in [7, 11) is 0. The first-order chi connectivity index (χ1) is 6.84. The number of hydrogen-bond acceptors (Lipinski definition) is 5. The molecule has 5 nitrogen and oxygen atoms in total. The molecule has 2 aromatic heterocycles. The van der Waals surface area contributed by atoms with Crippen molar-refractivity contribution in [2.24, 2.45) is 0 Å². The Morgan fingerprint density at radius 3 is 3.07 bits per heavy atom. The SMILES string of the molecule is Cc1ccnc(NCc2ncon2)c1. The first-order valence-electron chi connectivity index (χ1n) is 4.26. The van der Waals surface area contributed by atoms with E-state index in [0.29, 0.717) is 12.4 Å². The van der Waals surface area contributed by atoms with Crippen LogP contribution in [-0.4, -0.2) is 15.1 Å². The fourth-order valence-corrected chi connectivity index (χ4v) is 1.07. The van der Waals surface area contributed by atoms with E-state index in [9.17, 15) is 0 Å². The number of anilines is 1. The molecule has 2 heterocycles. The molecular weight excluding hydrogens is 180 g/mol. The largest absolute Gasteiger partial charge is 0.363 e. The lowest BCUT2D eigenvalue weighted by molar-refractivity contribution is 0.411. The van der Waals surface area contributed by atoms with Gasteiger partial charge in [-0.1, -0.05) is 5.16 Å². The van der Waals surface area contributed by atoms with Crippen molar-refractivity contribution < 1.29 is 4.52 Å². The van der Waals surface area contributed by atoms with Crippen LogP contribution in [0.15, 0.2) is 29.2 Å². The molecule has 72 valence electrons. The second-order valence-corrected chi connectivity index (χ2v) is 2.92. The van der Waals surface area contributed by atoms with Gasteiger partial charge in [-0.2, -0.15) is 4.98 Å². The van der Waals surface area contributed by atoms with Crippen LogP contribution in [0, 0.1) is 6.92 Å². The summed E-state index contributed by atoms with van der Waals surface area (Å²) in [6.45, 7) is 2.54. The summed E-state index contributed by atoms with van der Waals surface area (Å²) in [5.74, 6) is 1.43. The third kappa shape index (κ3) is 2.07. The van der Waals surface area contributed by atoms with Gasteiger partial charge in [0.25, 0.3) is 0 Å². The molecule has 0 atom stereocenters. The van der Waals surface area contributed by atoms with Crippen LogP contribution in [-0.2, 0) is 6.54 Å². The van der Waals surface area contributed by atoms with Crippen molar-refractivity contribution in [3.8, 4) is 0 Å². The van der Waals surface area contributed by atoms with Gasteiger partial charge in [0.2, 0.25) is 6.39 Å². The summed E-state index contributed by atoms with van der Waals surface area (Å²) in [5.41, 5.74) is 1.16. The minimum Gasteiger partial charge on any atom is -0.363 e. The molecule has 0 saturated heterocycles. The Kier molecular flexibility index (Phi) is 2.40. The second-order valence-electron chi connectivity index (χ2n) is 2.92. The standard InChI is InChI=1S/C9H10N4O/c1-7-2-3-10-8(4-7)11-5-9-12-6-14-13-9/h2-4,6H,5H2,1H3,(H,10,11). The molecule has 0 aliphatic carbocycles. The Balaban J connectivity index is 1.98. The molecule has 14 heavy (non-hydrogen) atoms. The quantitative estimate of drug-likeness (QED) is 0.792. The number of nitrogens with one attached hydrogen (secondary N) is 1. The monoisotopic (exact) mass is 190 g/mol. The van der Waals surface area contributed by atoms with E-state index in [1.54, 1.807) is 6.20 Å². The van der Waals surface area contributed by atoms with Gasteiger partial charge in [0.05, 0.1) is 6.54 Å². The van der Waals surface area contributed by atoms with Gasteiger partial charge in [-0.05, 0) is 24.6 Å². The van der Waals surface area contributed by atoms with Crippen LogP contribution in [0.4, 0.5) is 5.82 Å². The van der Waals surface area contributed by atoms with E-state index in [1.165, 1.54) is 6.39 Å².